The summed E-state index contributed by atoms with van der Waals surface area (Å²) >= 11 is 6.10. The highest BCUT2D eigenvalue weighted by molar-refractivity contribution is 6.31. The van der Waals surface area contributed by atoms with Crippen LogP contribution in [0.2, 0.25) is 5.02 Å². The first-order valence-corrected chi connectivity index (χ1v) is 8.12. The second-order valence-electron chi connectivity index (χ2n) is 5.70. The first kappa shape index (κ1) is 16.9. The monoisotopic (exact) mass is 352 g/mol. The van der Waals surface area contributed by atoms with E-state index in [2.05, 4.69) is 20.6 Å². The van der Waals surface area contributed by atoms with Crippen molar-refractivity contribution in [2.45, 2.75) is 13.8 Å². The molecule has 0 aliphatic rings. The van der Waals surface area contributed by atoms with Gasteiger partial charge in [-0.2, -0.15) is 0 Å². The number of rotatable bonds is 4. The SMILES string of the molecule is Cc1ccc(NC(=O)c2cnc(Nc3ccc(C)c(Cl)c3)cn2)cc1. The number of anilines is 3. The molecule has 0 fully saturated rings. The van der Waals surface area contributed by atoms with Crippen LogP contribution < -0.4 is 10.6 Å². The van der Waals surface area contributed by atoms with Crippen molar-refractivity contribution < 1.29 is 4.79 Å². The highest BCUT2D eigenvalue weighted by Gasteiger charge is 2.09. The zero-order valence-corrected chi connectivity index (χ0v) is 14.6. The predicted molar refractivity (Wildman–Crippen MR) is 101 cm³/mol. The molecular weight excluding hydrogens is 336 g/mol. The Morgan fingerprint density at radius 1 is 0.960 bits per heavy atom. The van der Waals surface area contributed by atoms with E-state index in [9.17, 15) is 4.79 Å². The number of nitrogens with one attached hydrogen (secondary N) is 2. The summed E-state index contributed by atoms with van der Waals surface area (Å²) in [6, 6.07) is 13.2. The van der Waals surface area contributed by atoms with Gasteiger partial charge in [0.15, 0.2) is 0 Å². The molecule has 0 atom stereocenters. The van der Waals surface area contributed by atoms with Gasteiger partial charge in [-0.15, -0.1) is 0 Å². The Morgan fingerprint density at radius 3 is 2.32 bits per heavy atom. The molecule has 0 saturated heterocycles. The van der Waals surface area contributed by atoms with E-state index in [1.807, 2.05) is 56.3 Å². The van der Waals surface area contributed by atoms with E-state index < -0.39 is 0 Å². The predicted octanol–water partition coefficient (Wildman–Crippen LogP) is 4.74. The third kappa shape index (κ3) is 4.33. The normalized spacial score (nSPS) is 10.4. The van der Waals surface area contributed by atoms with Gasteiger partial charge < -0.3 is 10.6 Å². The van der Waals surface area contributed by atoms with Gasteiger partial charge in [0.2, 0.25) is 0 Å². The topological polar surface area (TPSA) is 66.9 Å². The van der Waals surface area contributed by atoms with Gasteiger partial charge in [0.25, 0.3) is 5.91 Å². The third-order valence-electron chi connectivity index (χ3n) is 3.64. The molecule has 1 amide bonds. The molecule has 3 rings (SSSR count). The van der Waals surface area contributed by atoms with Crippen molar-refractivity contribution in [3.8, 4) is 0 Å². The number of nitrogens with zero attached hydrogens (tertiary/aromatic N) is 2. The van der Waals surface area contributed by atoms with Crippen LogP contribution in [0.3, 0.4) is 0 Å². The van der Waals surface area contributed by atoms with E-state index in [4.69, 9.17) is 11.6 Å². The molecule has 0 aliphatic carbocycles. The maximum atomic E-state index is 12.2. The van der Waals surface area contributed by atoms with Crippen LogP contribution in [0.4, 0.5) is 17.2 Å². The molecule has 2 aromatic carbocycles. The molecule has 5 nitrogen and oxygen atoms in total. The van der Waals surface area contributed by atoms with Crippen LogP contribution in [0.5, 0.6) is 0 Å². The number of halogens is 1. The molecule has 0 saturated carbocycles. The molecule has 1 heterocycles. The third-order valence-corrected chi connectivity index (χ3v) is 4.05. The molecule has 0 spiro atoms. The molecule has 1 aromatic heterocycles. The second-order valence-corrected chi connectivity index (χ2v) is 6.10. The van der Waals surface area contributed by atoms with Crippen molar-refractivity contribution in [2.24, 2.45) is 0 Å². The van der Waals surface area contributed by atoms with Crippen molar-refractivity contribution >= 4 is 34.7 Å². The average Bonchev–Trinajstić information content (AvgIpc) is 2.61. The van der Waals surface area contributed by atoms with Crippen LogP contribution in [0.25, 0.3) is 0 Å². The first-order chi connectivity index (χ1) is 12.0. The Balaban J connectivity index is 1.67. The first-order valence-electron chi connectivity index (χ1n) is 7.74. The van der Waals surface area contributed by atoms with Crippen molar-refractivity contribution in [3.63, 3.8) is 0 Å². The van der Waals surface area contributed by atoms with Crippen molar-refractivity contribution in [3.05, 3.63) is 76.7 Å². The molecule has 0 radical (unpaired) electrons. The fourth-order valence-corrected chi connectivity index (χ4v) is 2.34. The number of amides is 1. The average molecular weight is 353 g/mol. The summed E-state index contributed by atoms with van der Waals surface area (Å²) < 4.78 is 0. The summed E-state index contributed by atoms with van der Waals surface area (Å²) in [4.78, 5) is 20.6. The molecule has 2 N–H and O–H groups in total. The molecule has 0 aliphatic heterocycles. The fraction of sp³-hybridized carbons (Fsp3) is 0.105. The molecule has 3 aromatic rings. The van der Waals surface area contributed by atoms with Gasteiger partial charge in [-0.25, -0.2) is 9.97 Å². The van der Waals surface area contributed by atoms with E-state index in [-0.39, 0.29) is 11.6 Å². The summed E-state index contributed by atoms with van der Waals surface area (Å²) in [6.07, 6.45) is 2.94. The summed E-state index contributed by atoms with van der Waals surface area (Å²) in [5, 5.41) is 6.57. The zero-order chi connectivity index (χ0) is 17.8. The Hall–Kier alpha value is -2.92. The van der Waals surface area contributed by atoms with E-state index >= 15 is 0 Å². The fourth-order valence-electron chi connectivity index (χ4n) is 2.16. The molecule has 6 heteroatoms. The van der Waals surface area contributed by atoms with Gasteiger partial charge in [0.1, 0.15) is 11.5 Å². The number of carbonyl (C=O) groups excluding carboxylic acids is 1. The second kappa shape index (κ2) is 7.32. The lowest BCUT2D eigenvalue weighted by Crippen LogP contribution is -2.14. The van der Waals surface area contributed by atoms with Gasteiger partial charge in [-0.05, 0) is 43.7 Å². The summed E-state index contributed by atoms with van der Waals surface area (Å²) in [6.45, 7) is 3.93. The van der Waals surface area contributed by atoms with E-state index in [1.54, 1.807) is 0 Å². The highest BCUT2D eigenvalue weighted by Crippen LogP contribution is 2.22. The Labute approximate surface area is 151 Å². The maximum Gasteiger partial charge on any atom is 0.275 e. The van der Waals surface area contributed by atoms with Crippen LogP contribution in [0, 0.1) is 13.8 Å². The van der Waals surface area contributed by atoms with Crippen molar-refractivity contribution in [1.82, 2.24) is 9.97 Å². The van der Waals surface area contributed by atoms with Crippen LogP contribution >= 0.6 is 11.6 Å². The number of benzene rings is 2. The van der Waals surface area contributed by atoms with Crippen LogP contribution in [-0.2, 0) is 0 Å². The summed E-state index contributed by atoms with van der Waals surface area (Å²) in [5.41, 5.74) is 3.90. The number of hydrogen-bond acceptors (Lipinski definition) is 4. The van der Waals surface area contributed by atoms with E-state index in [0.29, 0.717) is 16.5 Å². The maximum absolute atomic E-state index is 12.2. The molecule has 126 valence electrons. The summed E-state index contributed by atoms with van der Waals surface area (Å²) in [5.74, 6) is 0.230. The minimum Gasteiger partial charge on any atom is -0.339 e. The summed E-state index contributed by atoms with van der Waals surface area (Å²) in [7, 11) is 0. The largest absolute Gasteiger partial charge is 0.339 e. The van der Waals surface area contributed by atoms with Gasteiger partial charge in [-0.1, -0.05) is 35.4 Å². The Morgan fingerprint density at radius 2 is 1.68 bits per heavy atom. The van der Waals surface area contributed by atoms with Gasteiger partial charge >= 0.3 is 0 Å². The molecular formula is C19H17ClN4O. The number of hydrogen-bond donors (Lipinski definition) is 2. The Kier molecular flexibility index (Phi) is 4.95. The molecule has 25 heavy (non-hydrogen) atoms. The number of aryl methyl sites for hydroxylation is 2. The minimum absolute atomic E-state index is 0.244. The molecule has 0 bridgehead atoms. The lowest BCUT2D eigenvalue weighted by molar-refractivity contribution is 0.102. The van der Waals surface area contributed by atoms with Crippen LogP contribution in [0.1, 0.15) is 21.6 Å². The lowest BCUT2D eigenvalue weighted by atomic mass is 10.2. The highest BCUT2D eigenvalue weighted by atomic mass is 35.5. The smallest absolute Gasteiger partial charge is 0.275 e. The van der Waals surface area contributed by atoms with Crippen LogP contribution in [0.15, 0.2) is 54.9 Å². The van der Waals surface area contributed by atoms with Gasteiger partial charge in [0.05, 0.1) is 12.4 Å². The number of carbonyl (C=O) groups is 1. The minimum atomic E-state index is -0.304. The van der Waals surface area contributed by atoms with Crippen molar-refractivity contribution in [2.75, 3.05) is 10.6 Å². The quantitative estimate of drug-likeness (QED) is 0.711. The lowest BCUT2D eigenvalue weighted by Gasteiger charge is -2.08. The standard InChI is InChI=1S/C19H17ClN4O/c1-12-3-6-14(7-4-12)24-19(25)17-10-22-18(11-21-17)23-15-8-5-13(2)16(20)9-15/h3-11H,1-2H3,(H,22,23)(H,24,25). The van der Waals surface area contributed by atoms with Gasteiger partial charge in [-0.3, -0.25) is 4.79 Å². The Bertz CT molecular complexity index is 892. The zero-order valence-electron chi connectivity index (χ0n) is 13.9. The van der Waals surface area contributed by atoms with E-state index in [1.165, 1.54) is 12.4 Å². The number of aromatic nitrogens is 2. The van der Waals surface area contributed by atoms with Gasteiger partial charge in [0, 0.05) is 16.4 Å². The van der Waals surface area contributed by atoms with E-state index in [0.717, 1.165) is 16.8 Å². The molecule has 0 unspecified atom stereocenters. The van der Waals surface area contributed by atoms with Crippen molar-refractivity contribution in [1.29, 1.82) is 0 Å². The van der Waals surface area contributed by atoms with Crippen LogP contribution in [-0.4, -0.2) is 15.9 Å².